The van der Waals surface area contributed by atoms with E-state index in [2.05, 4.69) is 29.1 Å². The fourth-order valence-electron chi connectivity index (χ4n) is 4.57. The fourth-order valence-corrected chi connectivity index (χ4v) is 4.57. The molecule has 0 bridgehead atoms. The number of unbranched alkanes of at least 4 members (excludes halogenated alkanes) is 1. The summed E-state index contributed by atoms with van der Waals surface area (Å²) in [4.78, 5) is 16.3. The molecule has 0 amide bonds. The number of rotatable bonds is 9. The Kier molecular flexibility index (Phi) is 11.2. The van der Waals surface area contributed by atoms with Gasteiger partial charge in [-0.2, -0.15) is 0 Å². The molecule has 3 rings (SSSR count). The summed E-state index contributed by atoms with van der Waals surface area (Å²) in [6.45, 7) is 10.6. The van der Waals surface area contributed by atoms with E-state index in [0.29, 0.717) is 55.0 Å². The minimum Gasteiger partial charge on any atom is -0.493 e. The monoisotopic (exact) mass is 543 g/mol. The lowest BCUT2D eigenvalue weighted by atomic mass is 9.94. The van der Waals surface area contributed by atoms with Gasteiger partial charge in [0.05, 0.1) is 18.8 Å². The van der Waals surface area contributed by atoms with E-state index in [-0.39, 0.29) is 36.9 Å². The minimum absolute atomic E-state index is 0.0246. The highest BCUT2D eigenvalue weighted by atomic mass is 16.8. The van der Waals surface area contributed by atoms with Crippen LogP contribution in [0.25, 0.3) is 16.5 Å². The van der Waals surface area contributed by atoms with Crippen LogP contribution >= 0.6 is 0 Å². The Labute approximate surface area is 230 Å². The summed E-state index contributed by atoms with van der Waals surface area (Å²) in [5.74, 6) is -0.236. The number of azide groups is 1. The van der Waals surface area contributed by atoms with Crippen LogP contribution in [0.1, 0.15) is 69.8 Å². The van der Waals surface area contributed by atoms with Crippen LogP contribution < -0.4 is 9.47 Å². The van der Waals surface area contributed by atoms with Crippen LogP contribution in [0.2, 0.25) is 0 Å². The van der Waals surface area contributed by atoms with Crippen molar-refractivity contribution in [1.82, 2.24) is 0 Å². The number of ether oxygens (including phenoxy) is 6. The van der Waals surface area contributed by atoms with Crippen molar-refractivity contribution < 1.29 is 33.2 Å². The first kappa shape index (κ1) is 30.5. The van der Waals surface area contributed by atoms with Gasteiger partial charge in [0.2, 0.25) is 0 Å². The van der Waals surface area contributed by atoms with Crippen molar-refractivity contribution in [3.8, 4) is 11.5 Å². The molecule has 10 nitrogen and oxygen atoms in total. The first-order valence-electron chi connectivity index (χ1n) is 13.5. The summed E-state index contributed by atoms with van der Waals surface area (Å²) >= 11 is 0. The fraction of sp³-hybridized carbons (Fsp3) is 0.621. The number of carbonyl (C=O) groups excluding carboxylic acids is 1. The van der Waals surface area contributed by atoms with Crippen molar-refractivity contribution in [1.29, 1.82) is 0 Å². The third kappa shape index (κ3) is 8.73. The number of benzene rings is 1. The molecule has 1 aromatic carbocycles. The second-order valence-corrected chi connectivity index (χ2v) is 10.4. The van der Waals surface area contributed by atoms with Crippen molar-refractivity contribution >= 4 is 12.0 Å². The third-order valence-electron chi connectivity index (χ3n) is 6.78. The summed E-state index contributed by atoms with van der Waals surface area (Å²) in [6, 6.07) is 3.47. The lowest BCUT2D eigenvalue weighted by Crippen LogP contribution is -2.29. The number of hydrogen-bond acceptors (Lipinski definition) is 8. The van der Waals surface area contributed by atoms with Crippen molar-refractivity contribution in [2.24, 2.45) is 17.0 Å². The zero-order valence-electron chi connectivity index (χ0n) is 23.8. The van der Waals surface area contributed by atoms with E-state index in [1.54, 1.807) is 12.1 Å². The van der Waals surface area contributed by atoms with Crippen LogP contribution in [-0.2, 0) is 18.9 Å². The van der Waals surface area contributed by atoms with Crippen LogP contribution in [0.5, 0.6) is 11.5 Å². The van der Waals surface area contributed by atoms with Crippen molar-refractivity contribution in [3.05, 3.63) is 51.9 Å². The lowest BCUT2D eigenvalue weighted by molar-refractivity contribution is -0.148. The first-order valence-corrected chi connectivity index (χ1v) is 13.5. The molecule has 2 aliphatic rings. The molecule has 0 N–H and O–H groups in total. The SMILES string of the molecule is COCOc1cc(OCCCCN=[N+]=[N-])cc2c1C(=O)O[C@@H](C)[C@H](C)/C=C\C(C)[C@H]1OC(C)(C)O[C@H]1C/C=C/2. The maximum atomic E-state index is 13.5. The molecule has 1 aromatic rings. The highest BCUT2D eigenvalue weighted by Gasteiger charge is 2.42. The zero-order chi connectivity index (χ0) is 28.4. The maximum Gasteiger partial charge on any atom is 0.342 e. The normalized spacial score (nSPS) is 28.2. The predicted octanol–water partition coefficient (Wildman–Crippen LogP) is 6.45. The second-order valence-electron chi connectivity index (χ2n) is 10.4. The molecule has 1 fully saturated rings. The molecule has 2 heterocycles. The van der Waals surface area contributed by atoms with Gasteiger partial charge in [0.15, 0.2) is 12.6 Å². The molecule has 39 heavy (non-hydrogen) atoms. The predicted molar refractivity (Wildman–Crippen MR) is 148 cm³/mol. The van der Waals surface area contributed by atoms with Crippen molar-refractivity contribution in [2.75, 3.05) is 27.1 Å². The van der Waals surface area contributed by atoms with Crippen molar-refractivity contribution in [3.63, 3.8) is 0 Å². The van der Waals surface area contributed by atoms with Gasteiger partial charge in [0.1, 0.15) is 23.2 Å². The summed E-state index contributed by atoms with van der Waals surface area (Å²) < 4.78 is 35.3. The number of esters is 1. The minimum atomic E-state index is -0.685. The summed E-state index contributed by atoms with van der Waals surface area (Å²) in [6.07, 6.45) is 9.39. The quantitative estimate of drug-likeness (QED) is 0.0667. The number of hydrogen-bond donors (Lipinski definition) is 0. The second kappa shape index (κ2) is 14.4. The number of cyclic esters (lactones) is 1. The van der Waals surface area contributed by atoms with Gasteiger partial charge >= 0.3 is 5.97 Å². The van der Waals surface area contributed by atoms with Gasteiger partial charge in [-0.1, -0.05) is 43.3 Å². The van der Waals surface area contributed by atoms with Gasteiger partial charge in [-0.3, -0.25) is 0 Å². The summed E-state index contributed by atoms with van der Waals surface area (Å²) in [5, 5.41) is 3.55. The maximum absolute atomic E-state index is 13.5. The molecule has 0 saturated carbocycles. The number of nitrogens with zero attached hydrogens (tertiary/aromatic N) is 3. The van der Waals surface area contributed by atoms with Gasteiger partial charge in [-0.25, -0.2) is 4.79 Å². The van der Waals surface area contributed by atoms with Crippen LogP contribution in [0.15, 0.2) is 35.5 Å². The number of fused-ring (bicyclic) bond motifs is 2. The molecular formula is C29H41N3O7. The Morgan fingerprint density at radius 1 is 1.10 bits per heavy atom. The third-order valence-corrected chi connectivity index (χ3v) is 6.78. The number of methoxy groups -OCH3 is 1. The largest absolute Gasteiger partial charge is 0.493 e. The summed E-state index contributed by atoms with van der Waals surface area (Å²) in [5.41, 5.74) is 9.34. The Bertz CT molecular complexity index is 1080. The Balaban J connectivity index is 1.98. The first-order chi connectivity index (χ1) is 18.6. The van der Waals surface area contributed by atoms with Crippen LogP contribution in [0.4, 0.5) is 0 Å². The molecule has 0 aromatic heterocycles. The van der Waals surface area contributed by atoms with E-state index < -0.39 is 11.8 Å². The Hall–Kier alpha value is -3.04. The van der Waals surface area contributed by atoms with Gasteiger partial charge < -0.3 is 28.4 Å². The lowest BCUT2D eigenvalue weighted by Gasteiger charge is -2.23. The highest BCUT2D eigenvalue weighted by Crippen LogP contribution is 2.36. The molecule has 1 saturated heterocycles. The van der Waals surface area contributed by atoms with Gasteiger partial charge in [0.25, 0.3) is 0 Å². The molecule has 10 heteroatoms. The average molecular weight is 544 g/mol. The van der Waals surface area contributed by atoms with E-state index in [9.17, 15) is 4.79 Å². The molecule has 1 unspecified atom stereocenters. The smallest absolute Gasteiger partial charge is 0.342 e. The van der Waals surface area contributed by atoms with E-state index >= 15 is 0 Å². The molecular weight excluding hydrogens is 502 g/mol. The van der Waals surface area contributed by atoms with Gasteiger partial charge in [-0.15, -0.1) is 0 Å². The van der Waals surface area contributed by atoms with Gasteiger partial charge in [0, 0.05) is 36.5 Å². The molecule has 2 aliphatic heterocycles. The topological polar surface area (TPSA) is 121 Å². The van der Waals surface area contributed by atoms with E-state index in [4.69, 9.17) is 34.0 Å². The molecule has 5 atom stereocenters. The molecule has 214 valence electrons. The van der Waals surface area contributed by atoms with Crippen LogP contribution in [0, 0.1) is 11.8 Å². The highest BCUT2D eigenvalue weighted by molar-refractivity contribution is 5.97. The number of carbonyl (C=O) groups is 1. The Morgan fingerprint density at radius 2 is 1.87 bits per heavy atom. The molecule has 0 radical (unpaired) electrons. The molecule has 0 aliphatic carbocycles. The zero-order valence-corrected chi connectivity index (χ0v) is 23.8. The van der Waals surface area contributed by atoms with Crippen LogP contribution in [0.3, 0.4) is 0 Å². The van der Waals surface area contributed by atoms with E-state index in [1.165, 1.54) is 7.11 Å². The van der Waals surface area contributed by atoms with E-state index in [0.717, 1.165) is 0 Å². The van der Waals surface area contributed by atoms with Crippen molar-refractivity contribution in [2.45, 2.75) is 78.0 Å². The standard InChI is InChI=1S/C29H41N3O7/c1-19-12-13-20(2)27-24(38-29(4,5)39-27)11-9-10-22-16-23(35-15-8-7-14-31-32-30)17-25(36-18-34-6)26(22)28(33)37-21(19)3/h9-10,12-13,16-17,19-21,24,27H,7-8,11,14-15,18H2,1-6H3/b10-9+,13-12-/t19-,20?,21+,24+,27-/m1/s1. The van der Waals surface area contributed by atoms with E-state index in [1.807, 2.05) is 39.8 Å². The molecule has 0 spiro atoms. The summed E-state index contributed by atoms with van der Waals surface area (Å²) in [7, 11) is 1.51. The van der Waals surface area contributed by atoms with Gasteiger partial charge in [-0.05, 0) is 57.2 Å². The average Bonchev–Trinajstić information content (AvgIpc) is 3.21. The van der Waals surface area contributed by atoms with Crippen LogP contribution in [-0.4, -0.2) is 57.1 Å². The Morgan fingerprint density at radius 3 is 2.62 bits per heavy atom.